The molecule has 0 saturated carbocycles. The number of hydrogen-bond acceptors (Lipinski definition) is 4. The first-order valence-electron chi connectivity index (χ1n) is 6.01. The highest BCUT2D eigenvalue weighted by Gasteiger charge is 2.13. The average Bonchev–Trinajstić information content (AvgIpc) is 2.34. The lowest BCUT2D eigenvalue weighted by molar-refractivity contribution is -0.127. The second-order valence-electron chi connectivity index (χ2n) is 3.82. The van der Waals surface area contributed by atoms with Gasteiger partial charge in [-0.1, -0.05) is 6.07 Å². The summed E-state index contributed by atoms with van der Waals surface area (Å²) in [5.74, 6) is 0.416. The van der Waals surface area contributed by atoms with Crippen LogP contribution >= 0.6 is 0 Å². The van der Waals surface area contributed by atoms with E-state index in [1.165, 1.54) is 0 Å². The van der Waals surface area contributed by atoms with Crippen LogP contribution in [-0.2, 0) is 9.53 Å². The molecule has 1 atom stereocenters. The molecule has 0 spiro atoms. The second-order valence-corrected chi connectivity index (χ2v) is 3.82. The lowest BCUT2D eigenvalue weighted by Gasteiger charge is -2.14. The van der Waals surface area contributed by atoms with E-state index in [2.05, 4.69) is 5.32 Å². The quantitative estimate of drug-likeness (QED) is 0.564. The molecule has 0 bridgehead atoms. The van der Waals surface area contributed by atoms with E-state index in [0.717, 1.165) is 0 Å². The maximum Gasteiger partial charge on any atom is 0.260 e. The molecule has 5 heteroatoms. The van der Waals surface area contributed by atoms with Crippen molar-refractivity contribution in [3.8, 4) is 5.75 Å². The number of carbonyl (C=O) groups excluding carboxylic acids is 1. The van der Waals surface area contributed by atoms with Gasteiger partial charge in [0.1, 0.15) is 5.75 Å². The van der Waals surface area contributed by atoms with Crippen molar-refractivity contribution < 1.29 is 14.3 Å². The fourth-order valence-corrected chi connectivity index (χ4v) is 1.38. The number of anilines is 1. The summed E-state index contributed by atoms with van der Waals surface area (Å²) in [5, 5.41) is 2.73. The van der Waals surface area contributed by atoms with E-state index in [9.17, 15) is 4.79 Å². The lowest BCUT2D eigenvalue weighted by atomic mass is 10.3. The third kappa shape index (κ3) is 5.05. The molecule has 0 aliphatic rings. The normalized spacial score (nSPS) is 11.9. The van der Waals surface area contributed by atoms with Gasteiger partial charge in [0, 0.05) is 24.9 Å². The molecule has 3 N–H and O–H groups in total. The van der Waals surface area contributed by atoms with E-state index < -0.39 is 6.10 Å². The molecule has 1 unspecified atom stereocenters. The van der Waals surface area contributed by atoms with Crippen molar-refractivity contribution in [2.75, 3.05) is 25.5 Å². The standard InChI is InChI=1S/C13H20N2O3/c1-3-17-8-7-15-13(16)10(2)18-12-6-4-5-11(14)9-12/h4-6,9-10H,3,7-8,14H2,1-2H3,(H,15,16). The molecule has 0 radical (unpaired) electrons. The van der Waals surface area contributed by atoms with Crippen molar-refractivity contribution in [3.63, 3.8) is 0 Å². The minimum absolute atomic E-state index is 0.169. The van der Waals surface area contributed by atoms with Gasteiger partial charge >= 0.3 is 0 Å². The number of rotatable bonds is 7. The number of hydrogen-bond donors (Lipinski definition) is 2. The smallest absolute Gasteiger partial charge is 0.260 e. The predicted octanol–water partition coefficient (Wildman–Crippen LogP) is 1.19. The van der Waals surface area contributed by atoms with Crippen LogP contribution in [0, 0.1) is 0 Å². The molecule has 0 saturated heterocycles. The molecule has 0 fully saturated rings. The van der Waals surface area contributed by atoms with Gasteiger partial charge < -0.3 is 20.5 Å². The Hall–Kier alpha value is -1.75. The Morgan fingerprint density at radius 3 is 2.94 bits per heavy atom. The van der Waals surface area contributed by atoms with Crippen molar-refractivity contribution in [1.29, 1.82) is 0 Å². The van der Waals surface area contributed by atoms with E-state index in [1.54, 1.807) is 31.2 Å². The van der Waals surface area contributed by atoms with Crippen LogP contribution in [0.15, 0.2) is 24.3 Å². The van der Waals surface area contributed by atoms with Crippen LogP contribution < -0.4 is 15.8 Å². The molecule has 0 aromatic heterocycles. The Morgan fingerprint density at radius 2 is 2.28 bits per heavy atom. The summed E-state index contributed by atoms with van der Waals surface area (Å²) in [6, 6.07) is 6.99. The Kier molecular flexibility index (Phi) is 6.00. The van der Waals surface area contributed by atoms with Gasteiger partial charge in [-0.3, -0.25) is 4.79 Å². The maximum atomic E-state index is 11.7. The zero-order valence-corrected chi connectivity index (χ0v) is 10.8. The zero-order valence-electron chi connectivity index (χ0n) is 10.8. The van der Waals surface area contributed by atoms with Gasteiger partial charge in [-0.2, -0.15) is 0 Å². The van der Waals surface area contributed by atoms with Crippen molar-refractivity contribution in [3.05, 3.63) is 24.3 Å². The van der Waals surface area contributed by atoms with Crippen molar-refractivity contribution in [2.45, 2.75) is 20.0 Å². The largest absolute Gasteiger partial charge is 0.481 e. The van der Waals surface area contributed by atoms with E-state index in [1.807, 2.05) is 6.92 Å². The van der Waals surface area contributed by atoms with Gasteiger partial charge in [0.25, 0.3) is 5.91 Å². The SMILES string of the molecule is CCOCCNC(=O)C(C)Oc1cccc(N)c1. The number of nitrogen functional groups attached to an aromatic ring is 1. The topological polar surface area (TPSA) is 73.6 Å². The molecule has 1 rings (SSSR count). The molecule has 100 valence electrons. The van der Waals surface area contributed by atoms with Gasteiger partial charge in [-0.05, 0) is 26.0 Å². The highest BCUT2D eigenvalue weighted by atomic mass is 16.5. The molecule has 5 nitrogen and oxygen atoms in total. The highest BCUT2D eigenvalue weighted by molar-refractivity contribution is 5.80. The summed E-state index contributed by atoms with van der Waals surface area (Å²) in [6.07, 6.45) is -0.562. The average molecular weight is 252 g/mol. The molecule has 0 aliphatic carbocycles. The molecule has 18 heavy (non-hydrogen) atoms. The minimum Gasteiger partial charge on any atom is -0.481 e. The third-order valence-electron chi connectivity index (χ3n) is 2.29. The van der Waals surface area contributed by atoms with Gasteiger partial charge in [0.15, 0.2) is 6.10 Å². The minimum atomic E-state index is -0.562. The molecule has 1 amide bonds. The number of nitrogens with one attached hydrogen (secondary N) is 1. The zero-order chi connectivity index (χ0) is 13.4. The fraction of sp³-hybridized carbons (Fsp3) is 0.462. The molecule has 0 aliphatic heterocycles. The summed E-state index contributed by atoms with van der Waals surface area (Å²) in [6.45, 7) is 5.24. The molecular formula is C13H20N2O3. The van der Waals surface area contributed by atoms with Crippen LogP contribution in [0.2, 0.25) is 0 Å². The van der Waals surface area contributed by atoms with E-state index >= 15 is 0 Å². The third-order valence-corrected chi connectivity index (χ3v) is 2.29. The molecule has 0 heterocycles. The Balaban J connectivity index is 2.35. The van der Waals surface area contributed by atoms with E-state index in [0.29, 0.717) is 31.2 Å². The fourth-order valence-electron chi connectivity index (χ4n) is 1.38. The monoisotopic (exact) mass is 252 g/mol. The highest BCUT2D eigenvalue weighted by Crippen LogP contribution is 2.15. The summed E-state index contributed by atoms with van der Waals surface area (Å²) in [5.41, 5.74) is 6.23. The maximum absolute atomic E-state index is 11.7. The van der Waals surface area contributed by atoms with Gasteiger partial charge in [0.2, 0.25) is 0 Å². The summed E-state index contributed by atoms with van der Waals surface area (Å²) in [7, 11) is 0. The number of amides is 1. The van der Waals surface area contributed by atoms with Crippen molar-refractivity contribution >= 4 is 11.6 Å². The van der Waals surface area contributed by atoms with Crippen LogP contribution in [0.4, 0.5) is 5.69 Å². The number of carbonyl (C=O) groups is 1. The van der Waals surface area contributed by atoms with Crippen LogP contribution in [0.5, 0.6) is 5.75 Å². The number of ether oxygens (including phenoxy) is 2. The first-order valence-corrected chi connectivity index (χ1v) is 6.01. The predicted molar refractivity (Wildman–Crippen MR) is 70.4 cm³/mol. The molecule has 1 aromatic rings. The van der Waals surface area contributed by atoms with Crippen LogP contribution in [-0.4, -0.2) is 31.8 Å². The van der Waals surface area contributed by atoms with Gasteiger partial charge in [0.05, 0.1) is 6.61 Å². The Morgan fingerprint density at radius 1 is 1.50 bits per heavy atom. The Labute approximate surface area is 107 Å². The van der Waals surface area contributed by atoms with Gasteiger partial charge in [-0.25, -0.2) is 0 Å². The van der Waals surface area contributed by atoms with Crippen molar-refractivity contribution in [2.24, 2.45) is 0 Å². The van der Waals surface area contributed by atoms with Crippen LogP contribution in [0.1, 0.15) is 13.8 Å². The van der Waals surface area contributed by atoms with Crippen LogP contribution in [0.3, 0.4) is 0 Å². The van der Waals surface area contributed by atoms with Crippen LogP contribution in [0.25, 0.3) is 0 Å². The summed E-state index contributed by atoms with van der Waals surface area (Å²) in [4.78, 5) is 11.7. The van der Waals surface area contributed by atoms with Gasteiger partial charge in [-0.15, -0.1) is 0 Å². The second kappa shape index (κ2) is 7.55. The van der Waals surface area contributed by atoms with Crippen molar-refractivity contribution in [1.82, 2.24) is 5.32 Å². The summed E-state index contributed by atoms with van der Waals surface area (Å²) < 4.78 is 10.6. The van der Waals surface area contributed by atoms with E-state index in [-0.39, 0.29) is 5.91 Å². The number of nitrogens with two attached hydrogens (primary N) is 1. The lowest BCUT2D eigenvalue weighted by Crippen LogP contribution is -2.38. The Bertz CT molecular complexity index is 382. The molecular weight excluding hydrogens is 232 g/mol. The molecule has 1 aromatic carbocycles. The summed E-state index contributed by atoms with van der Waals surface area (Å²) >= 11 is 0. The first-order chi connectivity index (χ1) is 8.63. The van der Waals surface area contributed by atoms with E-state index in [4.69, 9.17) is 15.2 Å². The number of benzene rings is 1. The first kappa shape index (κ1) is 14.3.